The molecule has 136 valence electrons. The van der Waals surface area contributed by atoms with Crippen LogP contribution in [0.3, 0.4) is 0 Å². The first-order chi connectivity index (χ1) is 13.2. The van der Waals surface area contributed by atoms with Crippen molar-refractivity contribution >= 4 is 5.97 Å². The Bertz CT molecular complexity index is 929. The fourth-order valence-electron chi connectivity index (χ4n) is 3.09. The highest BCUT2D eigenvalue weighted by molar-refractivity contribution is 5.75. The van der Waals surface area contributed by atoms with Crippen molar-refractivity contribution < 1.29 is 14.6 Å². The molecule has 2 atom stereocenters. The van der Waals surface area contributed by atoms with Gasteiger partial charge in [-0.25, -0.2) is 10.9 Å². The van der Waals surface area contributed by atoms with Crippen LogP contribution in [0.4, 0.5) is 0 Å². The molecule has 6 heteroatoms. The van der Waals surface area contributed by atoms with E-state index in [1.165, 1.54) is 0 Å². The molecule has 3 aromatic carbocycles. The third kappa shape index (κ3) is 3.83. The average molecular weight is 361 g/mol. The van der Waals surface area contributed by atoms with Gasteiger partial charge in [0.2, 0.25) is 0 Å². The summed E-state index contributed by atoms with van der Waals surface area (Å²) in [5.41, 5.74) is 11.3. The van der Waals surface area contributed by atoms with Crippen LogP contribution in [0.1, 0.15) is 11.6 Å². The van der Waals surface area contributed by atoms with Crippen LogP contribution < -0.4 is 21.1 Å². The fourth-order valence-corrected chi connectivity index (χ4v) is 3.09. The van der Waals surface area contributed by atoms with Crippen LogP contribution in [0.15, 0.2) is 78.9 Å². The number of aliphatic carboxylic acids is 1. The van der Waals surface area contributed by atoms with Gasteiger partial charge in [-0.15, -0.1) is 0 Å². The largest absolute Gasteiger partial charge is 0.480 e. The molecule has 1 aliphatic heterocycles. The average Bonchev–Trinajstić information content (AvgIpc) is 3.19. The van der Waals surface area contributed by atoms with E-state index >= 15 is 0 Å². The number of rotatable bonds is 5. The minimum absolute atomic E-state index is 0.343. The zero-order valence-electron chi connectivity index (χ0n) is 14.4. The van der Waals surface area contributed by atoms with Crippen LogP contribution in [-0.4, -0.2) is 17.1 Å². The van der Waals surface area contributed by atoms with Crippen LogP contribution in [0.5, 0.6) is 11.5 Å². The number of carboxylic acid groups (broad SMARTS) is 1. The third-order valence-electron chi connectivity index (χ3n) is 4.47. The summed E-state index contributed by atoms with van der Waals surface area (Å²) in [6.45, 7) is 0. The molecule has 0 radical (unpaired) electrons. The molecule has 0 amide bonds. The molecule has 0 aliphatic carbocycles. The topological polar surface area (TPSA) is 82.6 Å². The summed E-state index contributed by atoms with van der Waals surface area (Å²) in [5.74, 6) is 0.643. The summed E-state index contributed by atoms with van der Waals surface area (Å²) in [7, 11) is 0. The molecule has 3 aromatic rings. The number of benzene rings is 3. The molecule has 2 unspecified atom stereocenters. The highest BCUT2D eigenvalue weighted by atomic mass is 16.5. The van der Waals surface area contributed by atoms with E-state index in [1.54, 1.807) is 0 Å². The summed E-state index contributed by atoms with van der Waals surface area (Å²) in [4.78, 5) is 11.3. The van der Waals surface area contributed by atoms with Gasteiger partial charge < -0.3 is 9.84 Å². The lowest BCUT2D eigenvalue weighted by molar-refractivity contribution is -0.139. The molecule has 1 heterocycles. The molecule has 4 rings (SSSR count). The SMILES string of the molecule is O=C(O)C1NNNC1c1ccc(-c2cccc(Oc3ccccc3)c2)cc1. The molecule has 27 heavy (non-hydrogen) atoms. The van der Waals surface area contributed by atoms with Gasteiger partial charge in [0, 0.05) is 0 Å². The summed E-state index contributed by atoms with van der Waals surface area (Å²) in [6.07, 6.45) is 0. The summed E-state index contributed by atoms with van der Waals surface area (Å²) < 4.78 is 5.89. The minimum atomic E-state index is -0.910. The zero-order chi connectivity index (χ0) is 18.6. The number of hydrazine groups is 2. The molecule has 0 spiro atoms. The quantitative estimate of drug-likeness (QED) is 0.558. The fraction of sp³-hybridized carbons (Fsp3) is 0.0952. The van der Waals surface area contributed by atoms with E-state index < -0.39 is 12.0 Å². The second-order valence-corrected chi connectivity index (χ2v) is 6.27. The minimum Gasteiger partial charge on any atom is -0.480 e. The van der Waals surface area contributed by atoms with Crippen LogP contribution in [-0.2, 0) is 4.79 Å². The Morgan fingerprint density at radius 3 is 2.30 bits per heavy atom. The molecule has 4 N–H and O–H groups in total. The number of hydrogen-bond acceptors (Lipinski definition) is 5. The molecular weight excluding hydrogens is 342 g/mol. The highest BCUT2D eigenvalue weighted by Gasteiger charge is 2.33. The van der Waals surface area contributed by atoms with Crippen molar-refractivity contribution in [3.05, 3.63) is 84.4 Å². The van der Waals surface area contributed by atoms with Crippen molar-refractivity contribution in [2.75, 3.05) is 0 Å². The van der Waals surface area contributed by atoms with E-state index in [4.69, 9.17) is 4.74 Å². The van der Waals surface area contributed by atoms with Crippen molar-refractivity contribution in [1.29, 1.82) is 0 Å². The van der Waals surface area contributed by atoms with E-state index in [2.05, 4.69) is 16.4 Å². The van der Waals surface area contributed by atoms with Gasteiger partial charge in [-0.3, -0.25) is 4.79 Å². The van der Waals surface area contributed by atoms with Crippen LogP contribution >= 0.6 is 0 Å². The third-order valence-corrected chi connectivity index (χ3v) is 4.47. The smallest absolute Gasteiger partial charge is 0.324 e. The van der Waals surface area contributed by atoms with Crippen LogP contribution in [0.2, 0.25) is 0 Å². The standard InChI is InChI=1S/C21H19N3O3/c25-21(26)20-19(22-24-23-20)15-11-9-14(10-12-15)16-5-4-8-18(13-16)27-17-6-2-1-3-7-17/h1-13,19-20,22-24H,(H,25,26). The monoisotopic (exact) mass is 361 g/mol. The Kier molecular flexibility index (Phi) is 4.84. The van der Waals surface area contributed by atoms with Crippen molar-refractivity contribution in [3.63, 3.8) is 0 Å². The lowest BCUT2D eigenvalue weighted by Crippen LogP contribution is -2.38. The maximum Gasteiger partial charge on any atom is 0.324 e. The Morgan fingerprint density at radius 2 is 1.56 bits per heavy atom. The summed E-state index contributed by atoms with van der Waals surface area (Å²) in [6, 6.07) is 24.3. The van der Waals surface area contributed by atoms with Crippen LogP contribution in [0.25, 0.3) is 11.1 Å². The number of ether oxygens (including phenoxy) is 1. The number of nitrogens with one attached hydrogen (secondary N) is 3. The first kappa shape index (κ1) is 17.2. The van der Waals surface area contributed by atoms with E-state index in [0.29, 0.717) is 0 Å². The number of carbonyl (C=O) groups is 1. The Balaban J connectivity index is 1.54. The van der Waals surface area contributed by atoms with Gasteiger partial charge >= 0.3 is 5.97 Å². The van der Waals surface area contributed by atoms with Crippen molar-refractivity contribution in [1.82, 2.24) is 16.4 Å². The lowest BCUT2D eigenvalue weighted by atomic mass is 9.97. The Labute approximate surface area is 156 Å². The molecule has 1 aliphatic rings. The molecule has 0 saturated carbocycles. The van der Waals surface area contributed by atoms with E-state index in [1.807, 2.05) is 78.9 Å². The van der Waals surface area contributed by atoms with Gasteiger partial charge in [-0.1, -0.05) is 54.6 Å². The highest BCUT2D eigenvalue weighted by Crippen LogP contribution is 2.29. The van der Waals surface area contributed by atoms with Crippen molar-refractivity contribution in [2.24, 2.45) is 0 Å². The zero-order valence-corrected chi connectivity index (χ0v) is 14.4. The van der Waals surface area contributed by atoms with Gasteiger partial charge in [0.05, 0.1) is 6.04 Å². The van der Waals surface area contributed by atoms with Crippen molar-refractivity contribution in [2.45, 2.75) is 12.1 Å². The van der Waals surface area contributed by atoms with Crippen LogP contribution in [0, 0.1) is 0 Å². The molecule has 1 fully saturated rings. The number of hydrogen-bond donors (Lipinski definition) is 4. The number of carboxylic acids is 1. The molecule has 0 bridgehead atoms. The van der Waals surface area contributed by atoms with Gasteiger partial charge in [-0.05, 0) is 41.0 Å². The van der Waals surface area contributed by atoms with Gasteiger partial charge in [0.15, 0.2) is 0 Å². The van der Waals surface area contributed by atoms with E-state index in [-0.39, 0.29) is 6.04 Å². The molecular formula is C21H19N3O3. The predicted octanol–water partition coefficient (Wildman–Crippen LogP) is 3.25. The second-order valence-electron chi connectivity index (χ2n) is 6.27. The Hall–Kier alpha value is -3.19. The maximum absolute atomic E-state index is 11.3. The number of para-hydroxylation sites is 1. The first-order valence-corrected chi connectivity index (χ1v) is 8.63. The van der Waals surface area contributed by atoms with E-state index in [0.717, 1.165) is 28.2 Å². The Morgan fingerprint density at radius 1 is 0.815 bits per heavy atom. The lowest BCUT2D eigenvalue weighted by Gasteiger charge is -2.15. The summed E-state index contributed by atoms with van der Waals surface area (Å²) >= 11 is 0. The first-order valence-electron chi connectivity index (χ1n) is 8.63. The summed E-state index contributed by atoms with van der Waals surface area (Å²) in [5, 5.41) is 9.27. The molecule has 6 nitrogen and oxygen atoms in total. The molecule has 1 saturated heterocycles. The van der Waals surface area contributed by atoms with E-state index in [9.17, 15) is 9.90 Å². The van der Waals surface area contributed by atoms with Gasteiger partial charge in [0.1, 0.15) is 17.5 Å². The second kappa shape index (κ2) is 7.59. The van der Waals surface area contributed by atoms with Crippen molar-refractivity contribution in [3.8, 4) is 22.6 Å². The maximum atomic E-state index is 11.3. The van der Waals surface area contributed by atoms with Gasteiger partial charge in [-0.2, -0.15) is 5.53 Å². The van der Waals surface area contributed by atoms with Gasteiger partial charge in [0.25, 0.3) is 0 Å². The molecule has 0 aromatic heterocycles. The predicted molar refractivity (Wildman–Crippen MR) is 102 cm³/mol. The normalized spacial score (nSPS) is 19.0.